The second-order valence-corrected chi connectivity index (χ2v) is 9.32. The maximum Gasteiger partial charge on any atom is 0.123 e. The number of hydrogen-bond donors (Lipinski definition) is 0. The molecule has 6 aromatic carbocycles. The fourth-order valence-corrected chi connectivity index (χ4v) is 5.36. The molecule has 0 radical (unpaired) electrons. The molecule has 174 valence electrons. The van der Waals surface area contributed by atoms with Crippen LogP contribution in [0.25, 0.3) is 66.0 Å². The van der Waals surface area contributed by atoms with E-state index in [-0.39, 0.29) is 5.82 Å². The summed E-state index contributed by atoms with van der Waals surface area (Å²) in [7, 11) is 0. The first kappa shape index (κ1) is 21.5. The lowest BCUT2D eigenvalue weighted by Gasteiger charge is -2.15. The van der Waals surface area contributed by atoms with E-state index in [4.69, 9.17) is 4.98 Å². The topological polar surface area (TPSA) is 12.9 Å². The van der Waals surface area contributed by atoms with E-state index in [0.717, 1.165) is 27.5 Å². The van der Waals surface area contributed by atoms with Gasteiger partial charge in [-0.25, -0.2) is 9.37 Å². The van der Waals surface area contributed by atoms with E-state index in [0.29, 0.717) is 0 Å². The third kappa shape index (κ3) is 3.66. The summed E-state index contributed by atoms with van der Waals surface area (Å²) in [6.45, 7) is 0. The van der Waals surface area contributed by atoms with Crippen molar-refractivity contribution in [1.29, 1.82) is 0 Å². The molecule has 0 spiro atoms. The summed E-state index contributed by atoms with van der Waals surface area (Å²) in [4.78, 5) is 5.01. The summed E-state index contributed by atoms with van der Waals surface area (Å²) in [5.41, 5.74) is 7.50. The molecule has 0 fully saturated rings. The zero-order valence-electron chi connectivity index (χ0n) is 20.0. The van der Waals surface area contributed by atoms with E-state index in [1.165, 1.54) is 50.5 Å². The minimum absolute atomic E-state index is 0.248. The van der Waals surface area contributed by atoms with Crippen LogP contribution in [0.1, 0.15) is 0 Å². The van der Waals surface area contributed by atoms with Crippen molar-refractivity contribution in [3.8, 4) is 33.5 Å². The van der Waals surface area contributed by atoms with Crippen molar-refractivity contribution in [3.05, 3.63) is 139 Å². The van der Waals surface area contributed by atoms with Gasteiger partial charge >= 0.3 is 0 Å². The predicted molar refractivity (Wildman–Crippen MR) is 153 cm³/mol. The smallest absolute Gasteiger partial charge is 0.123 e. The molecule has 2 heteroatoms. The van der Waals surface area contributed by atoms with Gasteiger partial charge in [-0.3, -0.25) is 0 Å². The Morgan fingerprint density at radius 1 is 0.405 bits per heavy atom. The average Bonchev–Trinajstić information content (AvgIpc) is 2.97. The van der Waals surface area contributed by atoms with Gasteiger partial charge in [0.2, 0.25) is 0 Å². The number of benzene rings is 6. The zero-order chi connectivity index (χ0) is 24.8. The summed E-state index contributed by atoms with van der Waals surface area (Å²) in [5.74, 6) is -0.248. The Morgan fingerprint density at radius 2 is 1.03 bits per heavy atom. The first-order chi connectivity index (χ1) is 18.3. The van der Waals surface area contributed by atoms with Gasteiger partial charge in [-0.05, 0) is 63.4 Å². The SMILES string of the molecule is Fc1ccc(-c2nc3ccccc3c3c2ccc2c(-c4ccc(-c5ccccc5)cc4)cccc23)cc1. The van der Waals surface area contributed by atoms with Crippen LogP contribution in [0.4, 0.5) is 4.39 Å². The highest BCUT2D eigenvalue weighted by Gasteiger charge is 2.15. The highest BCUT2D eigenvalue weighted by Crippen LogP contribution is 2.40. The van der Waals surface area contributed by atoms with Crippen LogP contribution in [0, 0.1) is 5.82 Å². The van der Waals surface area contributed by atoms with E-state index >= 15 is 0 Å². The molecule has 0 saturated carbocycles. The largest absolute Gasteiger partial charge is 0.247 e. The van der Waals surface area contributed by atoms with E-state index in [1.807, 2.05) is 18.2 Å². The van der Waals surface area contributed by atoms with Crippen molar-refractivity contribution in [2.24, 2.45) is 0 Å². The van der Waals surface area contributed by atoms with Gasteiger partial charge in [-0.1, -0.05) is 103 Å². The van der Waals surface area contributed by atoms with Crippen molar-refractivity contribution >= 4 is 32.4 Å². The molecule has 0 bridgehead atoms. The van der Waals surface area contributed by atoms with Crippen molar-refractivity contribution in [2.45, 2.75) is 0 Å². The van der Waals surface area contributed by atoms with E-state index in [2.05, 4.69) is 91.0 Å². The highest BCUT2D eigenvalue weighted by atomic mass is 19.1. The van der Waals surface area contributed by atoms with E-state index < -0.39 is 0 Å². The molecule has 0 aliphatic rings. The van der Waals surface area contributed by atoms with Crippen LogP contribution in [0.3, 0.4) is 0 Å². The maximum absolute atomic E-state index is 13.7. The molecule has 0 N–H and O–H groups in total. The number of aromatic nitrogens is 1. The molecular weight excluding hydrogens is 453 g/mol. The summed E-state index contributed by atoms with van der Waals surface area (Å²) >= 11 is 0. The number of rotatable bonds is 3. The molecule has 7 rings (SSSR count). The third-order valence-corrected chi connectivity index (χ3v) is 7.14. The molecule has 1 aromatic heterocycles. The maximum atomic E-state index is 13.7. The Kier molecular flexibility index (Phi) is 5.04. The van der Waals surface area contributed by atoms with Crippen LogP contribution in [0.2, 0.25) is 0 Å². The van der Waals surface area contributed by atoms with Crippen molar-refractivity contribution in [3.63, 3.8) is 0 Å². The van der Waals surface area contributed by atoms with Gasteiger partial charge < -0.3 is 0 Å². The molecule has 0 amide bonds. The van der Waals surface area contributed by atoms with Crippen molar-refractivity contribution < 1.29 is 4.39 Å². The molecule has 0 aliphatic carbocycles. The van der Waals surface area contributed by atoms with Crippen molar-refractivity contribution in [2.75, 3.05) is 0 Å². The van der Waals surface area contributed by atoms with Crippen molar-refractivity contribution in [1.82, 2.24) is 4.98 Å². The predicted octanol–water partition coefficient (Wildman–Crippen LogP) is 9.68. The molecule has 0 unspecified atom stereocenters. The highest BCUT2D eigenvalue weighted by molar-refractivity contribution is 6.24. The zero-order valence-corrected chi connectivity index (χ0v) is 20.0. The van der Waals surface area contributed by atoms with Crippen LogP contribution in [-0.2, 0) is 0 Å². The summed E-state index contributed by atoms with van der Waals surface area (Å²) < 4.78 is 13.7. The van der Waals surface area contributed by atoms with Gasteiger partial charge in [0.15, 0.2) is 0 Å². The molecule has 0 atom stereocenters. The Morgan fingerprint density at radius 3 is 1.84 bits per heavy atom. The van der Waals surface area contributed by atoms with Gasteiger partial charge in [0.25, 0.3) is 0 Å². The number of para-hydroxylation sites is 1. The first-order valence-corrected chi connectivity index (χ1v) is 12.4. The fraction of sp³-hybridized carbons (Fsp3) is 0. The second-order valence-electron chi connectivity index (χ2n) is 9.32. The fourth-order valence-electron chi connectivity index (χ4n) is 5.36. The quantitative estimate of drug-likeness (QED) is 0.232. The van der Waals surface area contributed by atoms with Gasteiger partial charge in [-0.2, -0.15) is 0 Å². The Hall–Kier alpha value is -4.82. The molecule has 1 nitrogen and oxygen atoms in total. The van der Waals surface area contributed by atoms with Crippen LogP contribution in [0.15, 0.2) is 133 Å². The van der Waals surface area contributed by atoms with Gasteiger partial charge in [0.1, 0.15) is 5.82 Å². The molecule has 0 saturated heterocycles. The van der Waals surface area contributed by atoms with Crippen LogP contribution >= 0.6 is 0 Å². The van der Waals surface area contributed by atoms with E-state index in [1.54, 1.807) is 12.1 Å². The third-order valence-electron chi connectivity index (χ3n) is 7.14. The Bertz CT molecular complexity index is 1910. The summed E-state index contributed by atoms with van der Waals surface area (Å²) in [6.07, 6.45) is 0. The lowest BCUT2D eigenvalue weighted by atomic mass is 9.91. The summed E-state index contributed by atoms with van der Waals surface area (Å²) in [6, 6.07) is 45.0. The normalized spacial score (nSPS) is 11.4. The van der Waals surface area contributed by atoms with E-state index in [9.17, 15) is 4.39 Å². The number of nitrogens with zero attached hydrogens (tertiary/aromatic N) is 1. The van der Waals surface area contributed by atoms with Gasteiger partial charge in [0, 0.05) is 21.7 Å². The van der Waals surface area contributed by atoms with Crippen LogP contribution < -0.4 is 0 Å². The first-order valence-electron chi connectivity index (χ1n) is 12.4. The second kappa shape index (κ2) is 8.69. The average molecular weight is 476 g/mol. The van der Waals surface area contributed by atoms with Gasteiger partial charge in [0.05, 0.1) is 11.2 Å². The minimum Gasteiger partial charge on any atom is -0.247 e. The standard InChI is InChI=1S/C35H22FN/c36-27-19-17-26(18-20-27)35-32-22-21-29-28(25-15-13-24(14-16-25)23-7-2-1-3-8-23)10-6-11-30(29)34(32)31-9-4-5-12-33(31)37-35/h1-22H. The minimum atomic E-state index is -0.248. The van der Waals surface area contributed by atoms with Gasteiger partial charge in [-0.15, -0.1) is 0 Å². The Labute approximate surface area is 214 Å². The molecule has 7 aromatic rings. The molecule has 37 heavy (non-hydrogen) atoms. The lowest BCUT2D eigenvalue weighted by molar-refractivity contribution is 0.628. The lowest BCUT2D eigenvalue weighted by Crippen LogP contribution is -1.92. The number of hydrogen-bond acceptors (Lipinski definition) is 1. The Balaban J connectivity index is 1.47. The van der Waals surface area contributed by atoms with Crippen LogP contribution in [0.5, 0.6) is 0 Å². The monoisotopic (exact) mass is 475 g/mol. The summed E-state index contributed by atoms with van der Waals surface area (Å²) in [5, 5.41) is 5.73. The number of fused-ring (bicyclic) bond motifs is 5. The van der Waals surface area contributed by atoms with Crippen LogP contribution in [-0.4, -0.2) is 4.98 Å². The number of halogens is 1. The molecule has 1 heterocycles. The number of pyridine rings is 1. The molecular formula is C35H22FN. The molecule has 0 aliphatic heterocycles.